The minimum absolute atomic E-state index is 0.657. The molecular formula is C8H9ClN2. The number of halogens is 1. The third-order valence-corrected chi connectivity index (χ3v) is 2.22. The lowest BCUT2D eigenvalue weighted by Gasteiger charge is -2.00. The maximum Gasteiger partial charge on any atom is 0.134 e. The van der Waals surface area contributed by atoms with Crippen LogP contribution in [0.1, 0.15) is 16.8 Å². The summed E-state index contributed by atoms with van der Waals surface area (Å²) in [5.41, 5.74) is 3.46. The van der Waals surface area contributed by atoms with Gasteiger partial charge in [-0.1, -0.05) is 11.6 Å². The first kappa shape index (κ1) is 7.07. The fraction of sp³-hybridized carbons (Fsp3) is 0.375. The van der Waals surface area contributed by atoms with Crippen LogP contribution >= 0.6 is 11.6 Å². The Hall–Kier alpha value is -0.600. The fourth-order valence-electron chi connectivity index (χ4n) is 1.39. The molecule has 2 rings (SSSR count). The minimum atomic E-state index is 0.657. The van der Waals surface area contributed by atoms with E-state index in [4.69, 9.17) is 11.6 Å². The first-order valence-electron chi connectivity index (χ1n) is 3.63. The fourth-order valence-corrected chi connectivity index (χ4v) is 1.71. The van der Waals surface area contributed by atoms with Crippen LogP contribution in [0, 0.1) is 6.92 Å². The average Bonchev–Trinajstić information content (AvgIpc) is 2.34. The second-order valence-electron chi connectivity index (χ2n) is 2.80. The van der Waals surface area contributed by atoms with Gasteiger partial charge in [0.05, 0.1) is 0 Å². The molecule has 0 atom stereocenters. The Balaban J connectivity index is 2.60. The Morgan fingerprint density at radius 1 is 1.55 bits per heavy atom. The SMILES string of the molecule is Cc1cc2c(c(Cl)n1)CNC2. The van der Waals surface area contributed by atoms with Crippen molar-refractivity contribution in [2.75, 3.05) is 0 Å². The van der Waals surface area contributed by atoms with Crippen LogP contribution in [0.25, 0.3) is 0 Å². The number of nitrogens with zero attached hydrogens (tertiary/aromatic N) is 1. The number of nitrogens with one attached hydrogen (secondary N) is 1. The summed E-state index contributed by atoms with van der Waals surface area (Å²) in [6, 6.07) is 2.08. The van der Waals surface area contributed by atoms with Crippen molar-refractivity contribution in [3.8, 4) is 0 Å². The highest BCUT2D eigenvalue weighted by molar-refractivity contribution is 6.30. The number of hydrogen-bond donors (Lipinski definition) is 1. The van der Waals surface area contributed by atoms with Crippen molar-refractivity contribution in [2.45, 2.75) is 20.0 Å². The van der Waals surface area contributed by atoms with Crippen molar-refractivity contribution < 1.29 is 0 Å². The lowest BCUT2D eigenvalue weighted by atomic mass is 10.1. The van der Waals surface area contributed by atoms with E-state index in [0.29, 0.717) is 5.15 Å². The largest absolute Gasteiger partial charge is 0.308 e. The highest BCUT2D eigenvalue weighted by Crippen LogP contribution is 2.22. The maximum absolute atomic E-state index is 5.92. The van der Waals surface area contributed by atoms with E-state index in [1.807, 2.05) is 6.92 Å². The molecule has 1 N–H and O–H groups in total. The van der Waals surface area contributed by atoms with Crippen molar-refractivity contribution in [2.24, 2.45) is 0 Å². The van der Waals surface area contributed by atoms with E-state index in [-0.39, 0.29) is 0 Å². The second-order valence-corrected chi connectivity index (χ2v) is 3.15. The maximum atomic E-state index is 5.92. The summed E-state index contributed by atoms with van der Waals surface area (Å²) in [5, 5.41) is 3.89. The van der Waals surface area contributed by atoms with E-state index < -0.39 is 0 Å². The predicted molar refractivity (Wildman–Crippen MR) is 44.5 cm³/mol. The van der Waals surface area contributed by atoms with Gasteiger partial charge in [-0.2, -0.15) is 0 Å². The third kappa shape index (κ3) is 1.12. The molecule has 0 aromatic carbocycles. The van der Waals surface area contributed by atoms with Gasteiger partial charge in [0, 0.05) is 24.3 Å². The van der Waals surface area contributed by atoms with Crippen LogP contribution in [0.15, 0.2) is 6.07 Å². The molecule has 0 saturated carbocycles. The average molecular weight is 169 g/mol. The van der Waals surface area contributed by atoms with Crippen molar-refractivity contribution in [1.82, 2.24) is 10.3 Å². The lowest BCUT2D eigenvalue weighted by molar-refractivity contribution is 0.764. The van der Waals surface area contributed by atoms with Crippen LogP contribution < -0.4 is 5.32 Å². The smallest absolute Gasteiger partial charge is 0.134 e. The van der Waals surface area contributed by atoms with Crippen molar-refractivity contribution in [3.63, 3.8) is 0 Å². The second kappa shape index (κ2) is 2.47. The molecule has 0 unspecified atom stereocenters. The normalized spacial score (nSPS) is 15.1. The predicted octanol–water partition coefficient (Wildman–Crippen LogP) is 1.65. The van der Waals surface area contributed by atoms with Gasteiger partial charge >= 0.3 is 0 Å². The summed E-state index contributed by atoms with van der Waals surface area (Å²) in [4.78, 5) is 4.17. The molecule has 11 heavy (non-hydrogen) atoms. The molecule has 0 fully saturated rings. The zero-order chi connectivity index (χ0) is 7.84. The standard InChI is InChI=1S/C8H9ClN2/c1-5-2-6-3-10-4-7(6)8(9)11-5/h2,10H,3-4H2,1H3. The van der Waals surface area contributed by atoms with Gasteiger partial charge in [-0.25, -0.2) is 4.98 Å². The van der Waals surface area contributed by atoms with E-state index >= 15 is 0 Å². The number of pyridine rings is 1. The summed E-state index contributed by atoms with van der Waals surface area (Å²) in [6.07, 6.45) is 0. The van der Waals surface area contributed by atoms with Gasteiger partial charge < -0.3 is 5.32 Å². The molecule has 2 heterocycles. The molecule has 2 nitrogen and oxygen atoms in total. The zero-order valence-corrected chi connectivity index (χ0v) is 7.07. The van der Waals surface area contributed by atoms with Crippen molar-refractivity contribution in [1.29, 1.82) is 0 Å². The Morgan fingerprint density at radius 3 is 3.18 bits per heavy atom. The molecule has 0 saturated heterocycles. The van der Waals surface area contributed by atoms with Crippen molar-refractivity contribution >= 4 is 11.6 Å². The molecule has 0 spiro atoms. The summed E-state index contributed by atoms with van der Waals surface area (Å²) >= 11 is 5.92. The van der Waals surface area contributed by atoms with Gasteiger partial charge in [0.25, 0.3) is 0 Å². The highest BCUT2D eigenvalue weighted by Gasteiger charge is 2.14. The molecule has 0 amide bonds. The Kier molecular flexibility index (Phi) is 1.59. The summed E-state index contributed by atoms with van der Waals surface area (Å²) < 4.78 is 0. The van der Waals surface area contributed by atoms with Crippen LogP contribution in [0.2, 0.25) is 5.15 Å². The minimum Gasteiger partial charge on any atom is -0.308 e. The van der Waals surface area contributed by atoms with E-state index in [0.717, 1.165) is 24.3 Å². The molecule has 58 valence electrons. The number of fused-ring (bicyclic) bond motifs is 1. The molecule has 1 aliphatic rings. The summed E-state index contributed by atoms with van der Waals surface area (Å²) in [6.45, 7) is 3.75. The first-order valence-corrected chi connectivity index (χ1v) is 4.01. The monoisotopic (exact) mass is 168 g/mol. The van der Waals surface area contributed by atoms with Crippen LogP contribution in [0.3, 0.4) is 0 Å². The summed E-state index contributed by atoms with van der Waals surface area (Å²) in [5.74, 6) is 0. The van der Waals surface area contributed by atoms with Gasteiger partial charge in [0.1, 0.15) is 5.15 Å². The lowest BCUT2D eigenvalue weighted by Crippen LogP contribution is -2.00. The van der Waals surface area contributed by atoms with Gasteiger partial charge in [0.2, 0.25) is 0 Å². The van der Waals surface area contributed by atoms with Gasteiger partial charge in [-0.3, -0.25) is 0 Å². The van der Waals surface area contributed by atoms with E-state index in [9.17, 15) is 0 Å². The highest BCUT2D eigenvalue weighted by atomic mass is 35.5. The van der Waals surface area contributed by atoms with E-state index in [1.54, 1.807) is 0 Å². The zero-order valence-electron chi connectivity index (χ0n) is 6.32. The Morgan fingerprint density at radius 2 is 2.36 bits per heavy atom. The van der Waals surface area contributed by atoms with Gasteiger partial charge in [-0.05, 0) is 18.6 Å². The third-order valence-electron chi connectivity index (χ3n) is 1.91. The topological polar surface area (TPSA) is 24.9 Å². The van der Waals surface area contributed by atoms with Crippen LogP contribution in [-0.4, -0.2) is 4.98 Å². The van der Waals surface area contributed by atoms with Crippen LogP contribution in [0.4, 0.5) is 0 Å². The Labute approximate surface area is 70.6 Å². The molecule has 1 aromatic rings. The van der Waals surface area contributed by atoms with Gasteiger partial charge in [-0.15, -0.1) is 0 Å². The number of rotatable bonds is 0. The molecule has 1 aromatic heterocycles. The number of hydrogen-bond acceptors (Lipinski definition) is 2. The molecule has 3 heteroatoms. The number of aromatic nitrogens is 1. The molecule has 0 bridgehead atoms. The van der Waals surface area contributed by atoms with Crippen LogP contribution in [-0.2, 0) is 13.1 Å². The molecule has 0 aliphatic carbocycles. The van der Waals surface area contributed by atoms with Gasteiger partial charge in [0.15, 0.2) is 0 Å². The Bertz CT molecular complexity index is 296. The summed E-state index contributed by atoms with van der Waals surface area (Å²) in [7, 11) is 0. The van der Waals surface area contributed by atoms with E-state index in [2.05, 4.69) is 16.4 Å². The quantitative estimate of drug-likeness (QED) is 0.596. The van der Waals surface area contributed by atoms with E-state index in [1.165, 1.54) is 5.56 Å². The first-order chi connectivity index (χ1) is 5.27. The molecule has 1 aliphatic heterocycles. The van der Waals surface area contributed by atoms with Crippen LogP contribution in [0.5, 0.6) is 0 Å². The van der Waals surface area contributed by atoms with Crippen molar-refractivity contribution in [3.05, 3.63) is 28.0 Å². The molecule has 0 radical (unpaired) electrons. The molecular weight excluding hydrogens is 160 g/mol. The number of aryl methyl sites for hydroxylation is 1.